The van der Waals surface area contributed by atoms with Gasteiger partial charge in [0.15, 0.2) is 5.82 Å². The highest BCUT2D eigenvalue weighted by Crippen LogP contribution is 2.59. The van der Waals surface area contributed by atoms with E-state index in [1.165, 1.54) is 28.9 Å². The molecule has 1 N–H and O–H groups in total. The number of nitrogens with zero attached hydrogens (tertiary/aromatic N) is 4. The number of carbonyl (C=O) groups excluding carboxylic acids is 1. The fourth-order valence-electron chi connectivity index (χ4n) is 5.69. The van der Waals surface area contributed by atoms with Gasteiger partial charge in [-0.3, -0.25) is 4.79 Å². The van der Waals surface area contributed by atoms with Crippen LogP contribution in [0.4, 0.5) is 19.0 Å². The van der Waals surface area contributed by atoms with E-state index in [0.29, 0.717) is 29.7 Å². The molecule has 3 heterocycles. The molecule has 1 aliphatic carbocycles. The van der Waals surface area contributed by atoms with E-state index >= 15 is 0 Å². The van der Waals surface area contributed by atoms with Crippen LogP contribution < -0.4 is 14.4 Å². The molecule has 1 aromatic carbocycles. The summed E-state index contributed by atoms with van der Waals surface area (Å²) in [5.74, 6) is 0.275. The predicted octanol–water partition coefficient (Wildman–Crippen LogP) is 5.54. The lowest BCUT2D eigenvalue weighted by Gasteiger charge is -2.34. The number of anilines is 1. The number of aryl methyl sites for hydroxylation is 1. The Labute approximate surface area is 256 Å². The number of sulfonamides is 1. The zero-order chi connectivity index (χ0) is 30.5. The minimum absolute atomic E-state index is 0. The van der Waals surface area contributed by atoms with Gasteiger partial charge in [-0.25, -0.2) is 22.8 Å². The number of hydrogen-bond donors (Lipinski definition) is 1. The lowest BCUT2D eigenvalue weighted by Crippen LogP contribution is -2.41. The van der Waals surface area contributed by atoms with Crippen LogP contribution in [-0.2, 0) is 10.0 Å². The summed E-state index contributed by atoms with van der Waals surface area (Å²) in [6.07, 6.45) is -1.76. The van der Waals surface area contributed by atoms with Crippen LogP contribution in [0.3, 0.4) is 0 Å². The first-order chi connectivity index (χ1) is 19.6. The van der Waals surface area contributed by atoms with E-state index in [1.807, 2.05) is 18.7 Å². The number of benzene rings is 1. The molecule has 2 aromatic heterocycles. The van der Waals surface area contributed by atoms with Crippen molar-refractivity contribution in [1.29, 1.82) is 0 Å². The van der Waals surface area contributed by atoms with Crippen LogP contribution in [0.1, 0.15) is 62.4 Å². The Morgan fingerprint density at radius 3 is 2.44 bits per heavy atom. The average molecular weight is 640 g/mol. The molecule has 14 heteroatoms. The van der Waals surface area contributed by atoms with Gasteiger partial charge in [0.25, 0.3) is 15.9 Å². The number of pyridine rings is 1. The fourth-order valence-corrected chi connectivity index (χ4v) is 6.90. The van der Waals surface area contributed by atoms with Crippen LogP contribution in [0.5, 0.6) is 5.88 Å². The van der Waals surface area contributed by atoms with Gasteiger partial charge in [0.1, 0.15) is 5.82 Å². The lowest BCUT2D eigenvalue weighted by molar-refractivity contribution is -0.190. The van der Waals surface area contributed by atoms with E-state index in [4.69, 9.17) is 9.72 Å². The van der Waals surface area contributed by atoms with E-state index < -0.39 is 27.5 Å². The number of aromatic nitrogens is 3. The molecular formula is C29H36F3N5O4S2. The summed E-state index contributed by atoms with van der Waals surface area (Å²) >= 11 is 0. The molecule has 0 radical (unpaired) electrons. The van der Waals surface area contributed by atoms with Crippen molar-refractivity contribution in [3.8, 4) is 11.7 Å². The number of alkyl halides is 3. The van der Waals surface area contributed by atoms with Gasteiger partial charge in [-0.15, -0.1) is 5.10 Å². The predicted molar refractivity (Wildman–Crippen MR) is 161 cm³/mol. The number of halogens is 3. The van der Waals surface area contributed by atoms with Gasteiger partial charge < -0.3 is 9.64 Å². The maximum Gasteiger partial charge on any atom is 0.394 e. The van der Waals surface area contributed by atoms with E-state index in [9.17, 15) is 26.4 Å². The summed E-state index contributed by atoms with van der Waals surface area (Å²) in [5.41, 5.74) is -1.44. The van der Waals surface area contributed by atoms with Gasteiger partial charge in [0.2, 0.25) is 5.88 Å². The minimum Gasteiger partial charge on any atom is -0.477 e. The van der Waals surface area contributed by atoms with Gasteiger partial charge in [-0.2, -0.15) is 26.7 Å². The minimum atomic E-state index is -4.25. The van der Waals surface area contributed by atoms with Crippen molar-refractivity contribution in [3.05, 3.63) is 59.8 Å². The summed E-state index contributed by atoms with van der Waals surface area (Å²) in [6, 6.07) is 11.0. The first kappa shape index (κ1) is 32.6. The Morgan fingerprint density at radius 1 is 1.14 bits per heavy atom. The number of carbonyl (C=O) groups is 1. The summed E-state index contributed by atoms with van der Waals surface area (Å²) < 4.78 is 75.0. The number of rotatable bonds is 9. The van der Waals surface area contributed by atoms with E-state index in [2.05, 4.69) is 16.7 Å². The summed E-state index contributed by atoms with van der Waals surface area (Å²) in [5, 5.41) is 4.32. The van der Waals surface area contributed by atoms with Gasteiger partial charge in [-0.1, -0.05) is 25.1 Å². The third-order valence-electron chi connectivity index (χ3n) is 8.13. The Hall–Kier alpha value is -3.26. The van der Waals surface area contributed by atoms with Crippen LogP contribution in [-0.4, -0.2) is 54.0 Å². The highest BCUT2D eigenvalue weighted by atomic mass is 32.2. The highest BCUT2D eigenvalue weighted by Gasteiger charge is 2.62. The first-order valence-electron chi connectivity index (χ1n) is 13.8. The monoisotopic (exact) mass is 639 g/mol. The quantitative estimate of drug-likeness (QED) is 0.328. The van der Waals surface area contributed by atoms with Gasteiger partial charge in [-0.05, 0) is 76.1 Å². The molecule has 5 rings (SSSR count). The molecule has 1 aliphatic heterocycles. The molecule has 1 amide bonds. The van der Waals surface area contributed by atoms with Crippen LogP contribution in [0, 0.1) is 18.3 Å². The van der Waals surface area contributed by atoms with Crippen molar-refractivity contribution in [2.45, 2.75) is 70.0 Å². The molecule has 1 atom stereocenters. The maximum absolute atomic E-state index is 13.5. The van der Waals surface area contributed by atoms with Crippen molar-refractivity contribution in [2.24, 2.45) is 11.3 Å². The fraction of sp³-hybridized carbons (Fsp3) is 0.483. The molecule has 1 saturated heterocycles. The standard InChI is InChI=1S/C29H34F3N5O4S.H2S/c1-19-17-27(3,4)36(18-19)25-21(26(38)35-42(39,40)22-8-6-5-7-20(22)2)9-10-23(33-25)37-15-11-24(34-37)41-16-14-28(12-13-28)29(30,31)32;/h5-11,15,19H,12-14,16-18H2,1-4H3,(H,35,38);1H2/t19-;/m0./s1. The molecule has 2 fully saturated rings. The Morgan fingerprint density at radius 2 is 1.84 bits per heavy atom. The third kappa shape index (κ3) is 6.64. The molecule has 3 aromatic rings. The largest absolute Gasteiger partial charge is 0.477 e. The van der Waals surface area contributed by atoms with Crippen molar-refractivity contribution in [1.82, 2.24) is 19.5 Å². The number of nitrogens with one attached hydrogen (secondary N) is 1. The molecule has 43 heavy (non-hydrogen) atoms. The van der Waals surface area contributed by atoms with Crippen LogP contribution >= 0.6 is 13.5 Å². The average Bonchev–Trinajstić information content (AvgIpc) is 3.46. The van der Waals surface area contributed by atoms with Gasteiger partial charge in [0.05, 0.1) is 22.5 Å². The van der Waals surface area contributed by atoms with Crippen molar-refractivity contribution < 1.29 is 31.1 Å². The second-order valence-electron chi connectivity index (χ2n) is 11.9. The molecule has 0 bridgehead atoms. The molecular weight excluding hydrogens is 603 g/mol. The summed E-state index contributed by atoms with van der Waals surface area (Å²) in [7, 11) is -4.15. The maximum atomic E-state index is 13.5. The summed E-state index contributed by atoms with van der Waals surface area (Å²) in [4.78, 5) is 20.2. The van der Waals surface area contributed by atoms with Crippen molar-refractivity contribution in [3.63, 3.8) is 0 Å². The molecule has 1 saturated carbocycles. The zero-order valence-electron chi connectivity index (χ0n) is 24.4. The van der Waals surface area contributed by atoms with E-state index in [0.717, 1.165) is 6.42 Å². The van der Waals surface area contributed by atoms with E-state index in [-0.39, 0.29) is 61.2 Å². The molecule has 2 aliphatic rings. The Balaban J connectivity index is 0.00000423. The SMILES string of the molecule is Cc1ccccc1S(=O)(=O)NC(=O)c1ccc(-n2ccc(OCCC3(C(F)(F)F)CC3)n2)nc1N1C[C@@H](C)CC1(C)C.S. The lowest BCUT2D eigenvalue weighted by atomic mass is 9.97. The first-order valence-corrected chi connectivity index (χ1v) is 15.3. The van der Waals surface area contributed by atoms with Crippen LogP contribution in [0.25, 0.3) is 5.82 Å². The second kappa shape index (κ2) is 11.7. The smallest absolute Gasteiger partial charge is 0.394 e. The molecule has 0 unspecified atom stereocenters. The molecule has 234 valence electrons. The Bertz CT molecular complexity index is 1600. The topological polar surface area (TPSA) is 106 Å². The Kier molecular flexibility index (Phi) is 8.87. The second-order valence-corrected chi connectivity index (χ2v) is 13.6. The normalized spacial score (nSPS) is 19.0. The van der Waals surface area contributed by atoms with Gasteiger partial charge in [0, 0.05) is 24.3 Å². The van der Waals surface area contributed by atoms with Gasteiger partial charge >= 0.3 is 6.18 Å². The van der Waals surface area contributed by atoms with Crippen LogP contribution in [0.15, 0.2) is 53.6 Å². The van der Waals surface area contributed by atoms with Crippen LogP contribution in [0.2, 0.25) is 0 Å². The van der Waals surface area contributed by atoms with Crippen molar-refractivity contribution >= 4 is 35.2 Å². The number of ether oxygens (including phenoxy) is 1. The van der Waals surface area contributed by atoms with E-state index in [1.54, 1.807) is 31.3 Å². The summed E-state index contributed by atoms with van der Waals surface area (Å²) in [6.45, 7) is 8.29. The molecule has 9 nitrogen and oxygen atoms in total. The van der Waals surface area contributed by atoms with Crippen molar-refractivity contribution in [2.75, 3.05) is 18.1 Å². The highest BCUT2D eigenvalue weighted by molar-refractivity contribution is 7.90. The number of amides is 1. The third-order valence-corrected chi connectivity index (χ3v) is 9.62. The zero-order valence-corrected chi connectivity index (χ0v) is 26.2. The molecule has 0 spiro atoms. The number of hydrogen-bond acceptors (Lipinski definition) is 7.